The zero-order chi connectivity index (χ0) is 18.4. The highest BCUT2D eigenvalue weighted by Crippen LogP contribution is 2.26. The Morgan fingerprint density at radius 1 is 0.885 bits per heavy atom. The lowest BCUT2D eigenvalue weighted by Crippen LogP contribution is -2.13. The van der Waals surface area contributed by atoms with Crippen molar-refractivity contribution in [1.29, 1.82) is 0 Å². The molecule has 2 aromatic carbocycles. The number of aromatic nitrogens is 1. The van der Waals surface area contributed by atoms with Crippen molar-refractivity contribution < 1.29 is 14.3 Å². The van der Waals surface area contributed by atoms with Gasteiger partial charge in [0.15, 0.2) is 0 Å². The normalized spacial score (nSPS) is 10.1. The lowest BCUT2D eigenvalue weighted by atomic mass is 10.2. The minimum atomic E-state index is -0.279. The van der Waals surface area contributed by atoms with Gasteiger partial charge < -0.3 is 20.1 Å². The van der Waals surface area contributed by atoms with E-state index < -0.39 is 0 Å². The average Bonchev–Trinajstić information content (AvgIpc) is 2.69. The van der Waals surface area contributed by atoms with Crippen LogP contribution >= 0.6 is 0 Å². The van der Waals surface area contributed by atoms with Crippen LogP contribution in [0.1, 0.15) is 10.5 Å². The van der Waals surface area contributed by atoms with Gasteiger partial charge in [0.05, 0.1) is 31.8 Å². The molecule has 0 aliphatic carbocycles. The molecule has 1 heterocycles. The summed E-state index contributed by atoms with van der Waals surface area (Å²) >= 11 is 0. The first kappa shape index (κ1) is 17.3. The summed E-state index contributed by atoms with van der Waals surface area (Å²) in [6.45, 7) is 0. The number of rotatable bonds is 6. The standard InChI is InChI=1S/C20H19N3O3/c1-25-16-10-7-14(8-11-16)23-20(24)18-12-9-15(13-21-18)22-17-5-3-4-6-19(17)26-2/h3-13,22H,1-2H3,(H,23,24). The molecule has 0 saturated heterocycles. The number of methoxy groups -OCH3 is 2. The molecule has 2 N–H and O–H groups in total. The fraction of sp³-hybridized carbons (Fsp3) is 0.100. The third-order valence-electron chi connectivity index (χ3n) is 3.73. The molecule has 26 heavy (non-hydrogen) atoms. The monoisotopic (exact) mass is 349 g/mol. The number of anilines is 3. The molecule has 0 aliphatic heterocycles. The first-order valence-corrected chi connectivity index (χ1v) is 8.01. The summed E-state index contributed by atoms with van der Waals surface area (Å²) in [4.78, 5) is 16.5. The second kappa shape index (κ2) is 8.02. The van der Waals surface area contributed by atoms with Crippen LogP contribution in [0.2, 0.25) is 0 Å². The Bertz CT molecular complexity index is 878. The summed E-state index contributed by atoms with van der Waals surface area (Å²) in [5.41, 5.74) is 2.59. The topological polar surface area (TPSA) is 72.5 Å². The number of para-hydroxylation sites is 2. The highest BCUT2D eigenvalue weighted by Gasteiger charge is 2.09. The van der Waals surface area contributed by atoms with Gasteiger partial charge in [-0.15, -0.1) is 0 Å². The fourth-order valence-electron chi connectivity index (χ4n) is 2.38. The molecule has 132 valence electrons. The summed E-state index contributed by atoms with van der Waals surface area (Å²) in [5, 5.41) is 6.02. The van der Waals surface area contributed by atoms with Gasteiger partial charge in [0.1, 0.15) is 17.2 Å². The number of benzene rings is 2. The summed E-state index contributed by atoms with van der Waals surface area (Å²) in [7, 11) is 3.21. The number of nitrogens with one attached hydrogen (secondary N) is 2. The Kier molecular flexibility index (Phi) is 5.34. The molecule has 0 unspecified atom stereocenters. The van der Waals surface area contributed by atoms with Crippen molar-refractivity contribution in [3.63, 3.8) is 0 Å². The van der Waals surface area contributed by atoms with Crippen LogP contribution in [-0.4, -0.2) is 25.1 Å². The summed E-state index contributed by atoms with van der Waals surface area (Å²) in [6.07, 6.45) is 1.61. The third kappa shape index (κ3) is 4.10. The van der Waals surface area contributed by atoms with Crippen molar-refractivity contribution in [2.24, 2.45) is 0 Å². The second-order valence-corrected chi connectivity index (χ2v) is 5.44. The van der Waals surface area contributed by atoms with Crippen LogP contribution in [-0.2, 0) is 0 Å². The molecule has 1 aromatic heterocycles. The van der Waals surface area contributed by atoms with E-state index in [-0.39, 0.29) is 5.91 Å². The molecule has 0 saturated carbocycles. The number of pyridine rings is 1. The second-order valence-electron chi connectivity index (χ2n) is 5.44. The molecule has 3 aromatic rings. The van der Waals surface area contributed by atoms with Gasteiger partial charge in [-0.3, -0.25) is 4.79 Å². The number of amides is 1. The number of carbonyl (C=O) groups excluding carboxylic acids is 1. The highest BCUT2D eigenvalue weighted by atomic mass is 16.5. The van der Waals surface area contributed by atoms with Gasteiger partial charge in [-0.05, 0) is 48.5 Å². The maximum atomic E-state index is 12.3. The first-order valence-electron chi connectivity index (χ1n) is 8.01. The average molecular weight is 349 g/mol. The Labute approximate surface area is 151 Å². The Balaban J connectivity index is 1.67. The van der Waals surface area contributed by atoms with E-state index in [0.717, 1.165) is 22.9 Å². The molecular formula is C20H19N3O3. The van der Waals surface area contributed by atoms with E-state index in [1.165, 1.54) is 0 Å². The molecule has 3 rings (SSSR count). The summed E-state index contributed by atoms with van der Waals surface area (Å²) in [6, 6.07) is 18.1. The van der Waals surface area contributed by atoms with Crippen molar-refractivity contribution in [1.82, 2.24) is 4.98 Å². The minimum absolute atomic E-state index is 0.279. The number of hydrogen-bond donors (Lipinski definition) is 2. The third-order valence-corrected chi connectivity index (χ3v) is 3.73. The summed E-state index contributed by atoms with van der Waals surface area (Å²) in [5.74, 6) is 1.18. The van der Waals surface area contributed by atoms with E-state index in [0.29, 0.717) is 11.4 Å². The van der Waals surface area contributed by atoms with E-state index in [2.05, 4.69) is 15.6 Å². The number of ether oxygens (including phenoxy) is 2. The molecular weight excluding hydrogens is 330 g/mol. The molecule has 1 amide bonds. The number of hydrogen-bond acceptors (Lipinski definition) is 5. The SMILES string of the molecule is COc1ccc(NC(=O)c2ccc(Nc3ccccc3OC)cn2)cc1. The number of nitrogens with zero attached hydrogens (tertiary/aromatic N) is 1. The molecule has 6 nitrogen and oxygen atoms in total. The lowest BCUT2D eigenvalue weighted by Gasteiger charge is -2.11. The van der Waals surface area contributed by atoms with E-state index in [1.807, 2.05) is 24.3 Å². The smallest absolute Gasteiger partial charge is 0.274 e. The molecule has 0 bridgehead atoms. The van der Waals surface area contributed by atoms with Crippen molar-refractivity contribution in [2.45, 2.75) is 0 Å². The maximum absolute atomic E-state index is 12.3. The van der Waals surface area contributed by atoms with E-state index in [9.17, 15) is 4.79 Å². The van der Waals surface area contributed by atoms with Crippen LogP contribution in [0, 0.1) is 0 Å². The van der Waals surface area contributed by atoms with Gasteiger partial charge >= 0.3 is 0 Å². The van der Waals surface area contributed by atoms with Crippen molar-refractivity contribution in [3.8, 4) is 11.5 Å². The molecule has 0 radical (unpaired) electrons. The lowest BCUT2D eigenvalue weighted by molar-refractivity contribution is 0.102. The minimum Gasteiger partial charge on any atom is -0.497 e. The molecule has 0 fully saturated rings. The van der Waals surface area contributed by atoms with Gasteiger partial charge in [0, 0.05) is 5.69 Å². The molecule has 0 spiro atoms. The Morgan fingerprint density at radius 2 is 1.62 bits per heavy atom. The van der Waals surface area contributed by atoms with Crippen molar-refractivity contribution in [3.05, 3.63) is 72.6 Å². The van der Waals surface area contributed by atoms with Gasteiger partial charge in [-0.1, -0.05) is 12.1 Å². The zero-order valence-corrected chi connectivity index (χ0v) is 14.5. The van der Waals surface area contributed by atoms with Crippen LogP contribution in [0.3, 0.4) is 0 Å². The molecule has 6 heteroatoms. The predicted molar refractivity (Wildman–Crippen MR) is 101 cm³/mol. The Morgan fingerprint density at radius 3 is 2.27 bits per heavy atom. The van der Waals surface area contributed by atoms with Crippen LogP contribution in [0.5, 0.6) is 11.5 Å². The van der Waals surface area contributed by atoms with Gasteiger partial charge in [-0.2, -0.15) is 0 Å². The van der Waals surface area contributed by atoms with Crippen molar-refractivity contribution >= 4 is 23.0 Å². The van der Waals surface area contributed by atoms with Gasteiger partial charge in [0.25, 0.3) is 5.91 Å². The van der Waals surface area contributed by atoms with E-state index >= 15 is 0 Å². The largest absolute Gasteiger partial charge is 0.497 e. The van der Waals surface area contributed by atoms with Crippen LogP contribution < -0.4 is 20.1 Å². The zero-order valence-electron chi connectivity index (χ0n) is 14.5. The van der Waals surface area contributed by atoms with Crippen LogP contribution in [0.15, 0.2) is 66.9 Å². The quantitative estimate of drug-likeness (QED) is 0.701. The van der Waals surface area contributed by atoms with Crippen LogP contribution in [0.4, 0.5) is 17.1 Å². The number of carbonyl (C=O) groups is 1. The summed E-state index contributed by atoms with van der Waals surface area (Å²) < 4.78 is 10.4. The first-order chi connectivity index (χ1) is 12.7. The van der Waals surface area contributed by atoms with Crippen LogP contribution in [0.25, 0.3) is 0 Å². The van der Waals surface area contributed by atoms with Gasteiger partial charge in [-0.25, -0.2) is 4.98 Å². The van der Waals surface area contributed by atoms with E-state index in [4.69, 9.17) is 9.47 Å². The molecule has 0 aliphatic rings. The maximum Gasteiger partial charge on any atom is 0.274 e. The van der Waals surface area contributed by atoms with E-state index in [1.54, 1.807) is 56.8 Å². The van der Waals surface area contributed by atoms with Gasteiger partial charge in [0.2, 0.25) is 0 Å². The fourth-order valence-corrected chi connectivity index (χ4v) is 2.38. The predicted octanol–water partition coefficient (Wildman–Crippen LogP) is 4.09. The molecule has 0 atom stereocenters. The highest BCUT2D eigenvalue weighted by molar-refractivity contribution is 6.03. The Hall–Kier alpha value is -3.54. The van der Waals surface area contributed by atoms with Crippen molar-refractivity contribution in [2.75, 3.05) is 24.9 Å².